The second-order valence-electron chi connectivity index (χ2n) is 6.41. The quantitative estimate of drug-likeness (QED) is 0.839. The zero-order valence-corrected chi connectivity index (χ0v) is 13.3. The van der Waals surface area contributed by atoms with Gasteiger partial charge in [0.1, 0.15) is 11.6 Å². The van der Waals surface area contributed by atoms with E-state index in [2.05, 4.69) is 13.8 Å². The molecule has 0 amide bonds. The fourth-order valence-corrected chi connectivity index (χ4v) is 2.68. The van der Waals surface area contributed by atoms with E-state index in [1.165, 1.54) is 0 Å². The molecule has 0 aromatic heterocycles. The third kappa shape index (κ3) is 5.00. The van der Waals surface area contributed by atoms with Crippen molar-refractivity contribution in [1.82, 2.24) is 4.90 Å². The number of hydrogen-bond donors (Lipinski definition) is 1. The van der Waals surface area contributed by atoms with Gasteiger partial charge in [0.15, 0.2) is 0 Å². The lowest BCUT2D eigenvalue weighted by Crippen LogP contribution is -2.28. The van der Waals surface area contributed by atoms with Crippen LogP contribution in [0.5, 0.6) is 0 Å². The molecule has 5 heteroatoms. The number of benzene rings is 1. The first-order chi connectivity index (χ1) is 10.5. The molecule has 2 atom stereocenters. The molecule has 1 aromatic carbocycles. The molecule has 2 rings (SSSR count). The molecule has 1 N–H and O–H groups in total. The monoisotopic (exact) mass is 313 g/mol. The van der Waals surface area contributed by atoms with Crippen LogP contribution in [0, 0.1) is 17.6 Å². The number of β-amino-alcohol motifs (C(OH)–C–C–N with tert-alkyl or cyclic N) is 1. The van der Waals surface area contributed by atoms with Gasteiger partial charge in [-0.15, -0.1) is 0 Å². The Morgan fingerprint density at radius 3 is 2.86 bits per heavy atom. The normalized spacial score (nSPS) is 20.7. The molecule has 1 saturated heterocycles. The Morgan fingerprint density at radius 2 is 2.14 bits per heavy atom. The number of aliphatic hydroxyl groups is 1. The van der Waals surface area contributed by atoms with Crippen LogP contribution in [0.4, 0.5) is 8.78 Å². The lowest BCUT2D eigenvalue weighted by Gasteiger charge is -2.21. The van der Waals surface area contributed by atoms with Crippen LogP contribution < -0.4 is 0 Å². The van der Waals surface area contributed by atoms with E-state index in [1.54, 1.807) is 0 Å². The molecule has 1 heterocycles. The van der Waals surface area contributed by atoms with Gasteiger partial charge in [-0.1, -0.05) is 13.8 Å². The third-order valence-electron chi connectivity index (χ3n) is 4.03. The van der Waals surface area contributed by atoms with Crippen LogP contribution in [-0.2, 0) is 4.74 Å². The average Bonchev–Trinajstić information content (AvgIpc) is 2.88. The van der Waals surface area contributed by atoms with Crippen molar-refractivity contribution in [3.05, 3.63) is 35.4 Å². The minimum absolute atomic E-state index is 0.0178. The number of nitrogens with zero attached hydrogens (tertiary/aromatic N) is 1. The van der Waals surface area contributed by atoms with Crippen molar-refractivity contribution in [1.29, 1.82) is 0 Å². The Morgan fingerprint density at radius 1 is 1.36 bits per heavy atom. The minimum atomic E-state index is -1.02. The SMILES string of the molecule is CC(C)CCOC1CCN(CC(O)c2cc(F)ccc2F)C1. The van der Waals surface area contributed by atoms with Gasteiger partial charge in [-0.05, 0) is 37.0 Å². The van der Waals surface area contributed by atoms with Crippen LogP contribution in [0.25, 0.3) is 0 Å². The smallest absolute Gasteiger partial charge is 0.129 e. The van der Waals surface area contributed by atoms with Crippen molar-refractivity contribution < 1.29 is 18.6 Å². The second kappa shape index (κ2) is 7.99. The molecule has 0 aliphatic carbocycles. The maximum Gasteiger partial charge on any atom is 0.129 e. The van der Waals surface area contributed by atoms with Crippen LogP contribution >= 0.6 is 0 Å². The van der Waals surface area contributed by atoms with Gasteiger partial charge >= 0.3 is 0 Å². The zero-order chi connectivity index (χ0) is 16.1. The van der Waals surface area contributed by atoms with Crippen molar-refractivity contribution in [3.8, 4) is 0 Å². The molecule has 0 radical (unpaired) electrons. The fourth-order valence-electron chi connectivity index (χ4n) is 2.68. The molecule has 0 spiro atoms. The Hall–Kier alpha value is -1.04. The molecule has 1 fully saturated rings. The number of aliphatic hydroxyl groups excluding tert-OH is 1. The molecule has 2 unspecified atom stereocenters. The van der Waals surface area contributed by atoms with Gasteiger partial charge < -0.3 is 9.84 Å². The van der Waals surface area contributed by atoms with E-state index in [9.17, 15) is 13.9 Å². The highest BCUT2D eigenvalue weighted by atomic mass is 19.1. The number of hydrogen-bond acceptors (Lipinski definition) is 3. The molecule has 124 valence electrons. The summed E-state index contributed by atoms with van der Waals surface area (Å²) in [5.74, 6) is -0.486. The number of likely N-dealkylation sites (tertiary alicyclic amines) is 1. The highest BCUT2D eigenvalue weighted by molar-refractivity contribution is 5.21. The van der Waals surface area contributed by atoms with Gasteiger partial charge in [0.2, 0.25) is 0 Å². The number of rotatable bonds is 7. The van der Waals surface area contributed by atoms with E-state index in [0.717, 1.165) is 50.7 Å². The Kier molecular flexibility index (Phi) is 6.29. The summed E-state index contributed by atoms with van der Waals surface area (Å²) in [6.07, 6.45) is 1.10. The van der Waals surface area contributed by atoms with E-state index >= 15 is 0 Å². The van der Waals surface area contributed by atoms with Crippen LogP contribution in [0.3, 0.4) is 0 Å². The van der Waals surface area contributed by atoms with Crippen molar-refractivity contribution >= 4 is 0 Å². The lowest BCUT2D eigenvalue weighted by atomic mass is 10.1. The predicted molar refractivity (Wildman–Crippen MR) is 81.6 cm³/mol. The van der Waals surface area contributed by atoms with Gasteiger partial charge in [0.25, 0.3) is 0 Å². The summed E-state index contributed by atoms with van der Waals surface area (Å²) < 4.78 is 32.6. The van der Waals surface area contributed by atoms with Crippen molar-refractivity contribution in [2.45, 2.75) is 38.9 Å². The fraction of sp³-hybridized carbons (Fsp3) is 0.647. The van der Waals surface area contributed by atoms with E-state index < -0.39 is 17.7 Å². The molecular formula is C17H25F2NO2. The van der Waals surface area contributed by atoms with Gasteiger partial charge in [-0.25, -0.2) is 8.78 Å². The lowest BCUT2D eigenvalue weighted by molar-refractivity contribution is 0.0467. The molecule has 1 aliphatic heterocycles. The molecule has 3 nitrogen and oxygen atoms in total. The molecule has 1 aliphatic rings. The standard InChI is InChI=1S/C17H25F2NO2/c1-12(2)6-8-22-14-5-7-20(10-14)11-17(21)15-9-13(18)3-4-16(15)19/h3-4,9,12,14,17,21H,5-8,10-11H2,1-2H3. The largest absolute Gasteiger partial charge is 0.387 e. The van der Waals surface area contributed by atoms with E-state index in [1.807, 2.05) is 4.90 Å². The third-order valence-corrected chi connectivity index (χ3v) is 4.03. The highest BCUT2D eigenvalue weighted by Crippen LogP contribution is 2.22. The Labute approximate surface area is 130 Å². The molecule has 0 bridgehead atoms. The first-order valence-electron chi connectivity index (χ1n) is 7.92. The average molecular weight is 313 g/mol. The maximum absolute atomic E-state index is 13.6. The molecule has 22 heavy (non-hydrogen) atoms. The summed E-state index contributed by atoms with van der Waals surface area (Å²) in [5.41, 5.74) is 0.0178. The van der Waals surface area contributed by atoms with E-state index in [-0.39, 0.29) is 11.7 Å². The highest BCUT2D eigenvalue weighted by Gasteiger charge is 2.26. The molecular weight excluding hydrogens is 288 g/mol. The summed E-state index contributed by atoms with van der Waals surface area (Å²) in [7, 11) is 0. The number of halogens is 2. The molecule has 0 saturated carbocycles. The maximum atomic E-state index is 13.6. The summed E-state index contributed by atoms with van der Waals surface area (Å²) in [6.45, 7) is 6.90. The van der Waals surface area contributed by atoms with Crippen molar-refractivity contribution in [2.75, 3.05) is 26.2 Å². The predicted octanol–water partition coefficient (Wildman–Crippen LogP) is 3.14. The first-order valence-corrected chi connectivity index (χ1v) is 7.92. The Bertz CT molecular complexity index is 482. The molecule has 1 aromatic rings. The topological polar surface area (TPSA) is 32.7 Å². The van der Waals surface area contributed by atoms with Crippen LogP contribution in [0.1, 0.15) is 38.4 Å². The van der Waals surface area contributed by atoms with E-state index in [0.29, 0.717) is 12.5 Å². The van der Waals surface area contributed by atoms with Gasteiger partial charge in [-0.3, -0.25) is 4.90 Å². The summed E-state index contributed by atoms with van der Waals surface area (Å²) in [5, 5.41) is 10.1. The van der Waals surface area contributed by atoms with Crippen LogP contribution in [-0.4, -0.2) is 42.4 Å². The Balaban J connectivity index is 1.80. The zero-order valence-electron chi connectivity index (χ0n) is 13.3. The van der Waals surface area contributed by atoms with Gasteiger partial charge in [-0.2, -0.15) is 0 Å². The summed E-state index contributed by atoms with van der Waals surface area (Å²) in [4.78, 5) is 2.04. The van der Waals surface area contributed by atoms with Crippen molar-refractivity contribution in [2.24, 2.45) is 5.92 Å². The first kappa shape index (κ1) is 17.3. The van der Waals surface area contributed by atoms with Crippen LogP contribution in [0.15, 0.2) is 18.2 Å². The minimum Gasteiger partial charge on any atom is -0.387 e. The van der Waals surface area contributed by atoms with Crippen LogP contribution in [0.2, 0.25) is 0 Å². The number of ether oxygens (including phenoxy) is 1. The summed E-state index contributed by atoms with van der Waals surface area (Å²) >= 11 is 0. The second-order valence-corrected chi connectivity index (χ2v) is 6.41. The van der Waals surface area contributed by atoms with Crippen molar-refractivity contribution in [3.63, 3.8) is 0 Å². The summed E-state index contributed by atoms with van der Waals surface area (Å²) in [6, 6.07) is 3.17. The van der Waals surface area contributed by atoms with E-state index in [4.69, 9.17) is 4.74 Å². The van der Waals surface area contributed by atoms with Gasteiger partial charge in [0.05, 0.1) is 12.2 Å². The van der Waals surface area contributed by atoms with Gasteiger partial charge in [0, 0.05) is 31.8 Å².